The summed E-state index contributed by atoms with van der Waals surface area (Å²) >= 11 is 0. The van der Waals surface area contributed by atoms with Crippen molar-refractivity contribution in [3.05, 3.63) is 71.3 Å². The minimum Gasteiger partial charge on any atom is -0.355 e. The zero-order chi connectivity index (χ0) is 14.4. The molecule has 2 rings (SSSR count). The third kappa shape index (κ3) is 4.16. The van der Waals surface area contributed by atoms with Crippen LogP contribution in [0.2, 0.25) is 0 Å². The first-order chi connectivity index (χ1) is 9.65. The highest BCUT2D eigenvalue weighted by Crippen LogP contribution is 2.09. The molecule has 0 bridgehead atoms. The monoisotopic (exact) mass is 275 g/mol. The SMILES string of the molecule is O=C(Cc1ccccc1)NCCc1cc(F)ccc1F. The first-order valence-corrected chi connectivity index (χ1v) is 6.40. The van der Waals surface area contributed by atoms with E-state index in [9.17, 15) is 13.6 Å². The fourth-order valence-electron chi connectivity index (χ4n) is 1.92. The normalized spacial score (nSPS) is 10.3. The lowest BCUT2D eigenvalue weighted by molar-refractivity contribution is -0.120. The fraction of sp³-hybridized carbons (Fsp3) is 0.188. The Morgan fingerprint density at radius 2 is 1.80 bits per heavy atom. The highest BCUT2D eigenvalue weighted by atomic mass is 19.1. The van der Waals surface area contributed by atoms with Crippen LogP contribution in [0.25, 0.3) is 0 Å². The Bertz CT molecular complexity index is 584. The van der Waals surface area contributed by atoms with Crippen LogP contribution in [0.1, 0.15) is 11.1 Å². The number of carbonyl (C=O) groups is 1. The van der Waals surface area contributed by atoms with Crippen molar-refractivity contribution in [2.24, 2.45) is 0 Å². The van der Waals surface area contributed by atoms with Crippen LogP contribution in [0.15, 0.2) is 48.5 Å². The van der Waals surface area contributed by atoms with Gasteiger partial charge in [0, 0.05) is 6.54 Å². The summed E-state index contributed by atoms with van der Waals surface area (Å²) in [4.78, 5) is 11.7. The van der Waals surface area contributed by atoms with Crippen molar-refractivity contribution in [1.82, 2.24) is 5.32 Å². The summed E-state index contributed by atoms with van der Waals surface area (Å²) in [5.74, 6) is -1.06. The Morgan fingerprint density at radius 1 is 1.05 bits per heavy atom. The van der Waals surface area contributed by atoms with Gasteiger partial charge in [-0.05, 0) is 35.7 Å². The largest absolute Gasteiger partial charge is 0.355 e. The zero-order valence-electron chi connectivity index (χ0n) is 10.9. The van der Waals surface area contributed by atoms with E-state index in [0.29, 0.717) is 0 Å². The van der Waals surface area contributed by atoms with Crippen LogP contribution in [0.4, 0.5) is 8.78 Å². The molecule has 0 unspecified atom stereocenters. The third-order valence-corrected chi connectivity index (χ3v) is 2.93. The predicted octanol–water partition coefficient (Wildman–Crippen LogP) is 2.87. The Hall–Kier alpha value is -2.23. The number of halogens is 2. The highest BCUT2D eigenvalue weighted by molar-refractivity contribution is 5.78. The van der Waals surface area contributed by atoms with Gasteiger partial charge in [0.05, 0.1) is 6.42 Å². The van der Waals surface area contributed by atoms with E-state index in [1.807, 2.05) is 30.3 Å². The van der Waals surface area contributed by atoms with E-state index in [0.717, 1.165) is 23.8 Å². The lowest BCUT2D eigenvalue weighted by Gasteiger charge is -2.06. The minimum atomic E-state index is -0.475. The number of carbonyl (C=O) groups excluding carboxylic acids is 1. The van der Waals surface area contributed by atoms with Crippen molar-refractivity contribution >= 4 is 5.91 Å². The number of nitrogens with one attached hydrogen (secondary N) is 1. The summed E-state index contributed by atoms with van der Waals surface area (Å²) in [6, 6.07) is 12.7. The second-order valence-electron chi connectivity index (χ2n) is 4.50. The molecule has 0 aliphatic rings. The van der Waals surface area contributed by atoms with Gasteiger partial charge in [-0.15, -0.1) is 0 Å². The number of rotatable bonds is 5. The topological polar surface area (TPSA) is 29.1 Å². The quantitative estimate of drug-likeness (QED) is 0.893. The molecule has 0 aliphatic carbocycles. The van der Waals surface area contributed by atoms with Crippen molar-refractivity contribution in [2.75, 3.05) is 6.54 Å². The first kappa shape index (κ1) is 14.2. The van der Waals surface area contributed by atoms with E-state index in [2.05, 4.69) is 5.32 Å². The van der Waals surface area contributed by atoms with E-state index in [4.69, 9.17) is 0 Å². The number of benzene rings is 2. The molecule has 4 heteroatoms. The molecule has 0 saturated carbocycles. The van der Waals surface area contributed by atoms with Gasteiger partial charge >= 0.3 is 0 Å². The maximum absolute atomic E-state index is 13.4. The smallest absolute Gasteiger partial charge is 0.224 e. The number of hydrogen-bond donors (Lipinski definition) is 1. The van der Waals surface area contributed by atoms with Gasteiger partial charge in [-0.1, -0.05) is 30.3 Å². The maximum atomic E-state index is 13.4. The Morgan fingerprint density at radius 3 is 2.55 bits per heavy atom. The van der Waals surface area contributed by atoms with Crippen LogP contribution in [-0.2, 0) is 17.6 Å². The molecule has 2 nitrogen and oxygen atoms in total. The molecule has 0 aliphatic heterocycles. The van der Waals surface area contributed by atoms with Gasteiger partial charge in [-0.3, -0.25) is 4.79 Å². The molecule has 2 aromatic carbocycles. The molecule has 20 heavy (non-hydrogen) atoms. The standard InChI is InChI=1S/C16H15F2NO/c17-14-6-7-15(18)13(11-14)8-9-19-16(20)10-12-4-2-1-3-5-12/h1-7,11H,8-10H2,(H,19,20). The van der Waals surface area contributed by atoms with Crippen LogP contribution in [0.5, 0.6) is 0 Å². The third-order valence-electron chi connectivity index (χ3n) is 2.93. The van der Waals surface area contributed by atoms with Gasteiger partial charge in [0.15, 0.2) is 0 Å². The number of hydrogen-bond acceptors (Lipinski definition) is 1. The molecule has 0 aromatic heterocycles. The Balaban J connectivity index is 1.81. The van der Waals surface area contributed by atoms with Crippen molar-refractivity contribution in [1.29, 1.82) is 0 Å². The molecule has 2 aromatic rings. The van der Waals surface area contributed by atoms with Gasteiger partial charge in [-0.2, -0.15) is 0 Å². The van der Waals surface area contributed by atoms with Crippen molar-refractivity contribution < 1.29 is 13.6 Å². The molecule has 104 valence electrons. The number of amides is 1. The van der Waals surface area contributed by atoms with Gasteiger partial charge in [0.25, 0.3) is 0 Å². The van der Waals surface area contributed by atoms with Crippen LogP contribution >= 0.6 is 0 Å². The maximum Gasteiger partial charge on any atom is 0.224 e. The van der Waals surface area contributed by atoms with Crippen LogP contribution in [0, 0.1) is 11.6 Å². The average Bonchev–Trinajstić information content (AvgIpc) is 2.44. The molecular weight excluding hydrogens is 260 g/mol. The second kappa shape index (κ2) is 6.80. The van der Waals surface area contributed by atoms with E-state index < -0.39 is 11.6 Å². The van der Waals surface area contributed by atoms with E-state index in [-0.39, 0.29) is 30.9 Å². The second-order valence-corrected chi connectivity index (χ2v) is 4.50. The summed E-state index contributed by atoms with van der Waals surface area (Å²) in [7, 11) is 0. The fourth-order valence-corrected chi connectivity index (χ4v) is 1.92. The summed E-state index contributed by atoms with van der Waals surface area (Å²) in [5.41, 5.74) is 1.19. The minimum absolute atomic E-state index is 0.131. The lowest BCUT2D eigenvalue weighted by Crippen LogP contribution is -2.27. The van der Waals surface area contributed by atoms with Crippen molar-refractivity contribution in [3.8, 4) is 0 Å². The van der Waals surface area contributed by atoms with Gasteiger partial charge in [0.2, 0.25) is 5.91 Å². The van der Waals surface area contributed by atoms with Crippen molar-refractivity contribution in [3.63, 3.8) is 0 Å². The van der Waals surface area contributed by atoms with Gasteiger partial charge in [0.1, 0.15) is 11.6 Å². The molecule has 0 heterocycles. The zero-order valence-corrected chi connectivity index (χ0v) is 10.9. The molecule has 0 radical (unpaired) electrons. The predicted molar refractivity (Wildman–Crippen MR) is 73.2 cm³/mol. The summed E-state index contributed by atoms with van der Waals surface area (Å²) in [5, 5.41) is 2.70. The van der Waals surface area contributed by atoms with E-state index in [1.165, 1.54) is 0 Å². The lowest BCUT2D eigenvalue weighted by atomic mass is 10.1. The van der Waals surface area contributed by atoms with E-state index in [1.54, 1.807) is 0 Å². The van der Waals surface area contributed by atoms with Gasteiger partial charge < -0.3 is 5.32 Å². The molecule has 1 amide bonds. The average molecular weight is 275 g/mol. The molecule has 0 atom stereocenters. The Labute approximate surface area is 116 Å². The highest BCUT2D eigenvalue weighted by Gasteiger charge is 2.06. The molecule has 0 fully saturated rings. The molecular formula is C16H15F2NO. The van der Waals surface area contributed by atoms with Crippen LogP contribution in [0.3, 0.4) is 0 Å². The van der Waals surface area contributed by atoms with Crippen molar-refractivity contribution in [2.45, 2.75) is 12.8 Å². The summed E-state index contributed by atoms with van der Waals surface area (Å²) in [6.07, 6.45) is 0.552. The summed E-state index contributed by atoms with van der Waals surface area (Å²) in [6.45, 7) is 0.284. The van der Waals surface area contributed by atoms with E-state index >= 15 is 0 Å². The van der Waals surface area contributed by atoms with Gasteiger partial charge in [-0.25, -0.2) is 8.78 Å². The Kier molecular flexibility index (Phi) is 4.82. The van der Waals surface area contributed by atoms with Crippen LogP contribution < -0.4 is 5.32 Å². The van der Waals surface area contributed by atoms with Crippen LogP contribution in [-0.4, -0.2) is 12.5 Å². The molecule has 1 N–H and O–H groups in total. The first-order valence-electron chi connectivity index (χ1n) is 6.40. The molecule has 0 spiro atoms. The molecule has 0 saturated heterocycles. The summed E-state index contributed by atoms with van der Waals surface area (Å²) < 4.78 is 26.3.